The zero-order chi connectivity index (χ0) is 10.1. The van der Waals surface area contributed by atoms with Crippen molar-refractivity contribution in [2.24, 2.45) is 5.14 Å². The number of halogens is 1. The Labute approximate surface area is 84.6 Å². The number of sulfonamides is 1. The number of primary sulfonamides is 1. The van der Waals surface area contributed by atoms with Crippen molar-refractivity contribution in [1.82, 2.24) is 0 Å². The quantitative estimate of drug-likeness (QED) is 0.822. The molecule has 0 aliphatic carbocycles. The van der Waals surface area contributed by atoms with Crippen molar-refractivity contribution in [3.8, 4) is 0 Å². The molecule has 0 bridgehead atoms. The highest BCUT2D eigenvalue weighted by atomic mass is 79.9. The summed E-state index contributed by atoms with van der Waals surface area (Å²) in [5.41, 5.74) is 0.492. The maximum Gasteiger partial charge on any atom is 0.239 e. The average molecular weight is 266 g/mol. The van der Waals surface area contributed by atoms with E-state index in [0.29, 0.717) is 10.0 Å². The summed E-state index contributed by atoms with van der Waals surface area (Å²) in [7, 11) is -3.72. The predicted molar refractivity (Wildman–Crippen MR) is 51.4 cm³/mol. The van der Waals surface area contributed by atoms with Crippen LogP contribution in [0.2, 0.25) is 0 Å². The molecule has 0 spiro atoms. The molecule has 0 atom stereocenters. The van der Waals surface area contributed by atoms with Crippen LogP contribution >= 0.6 is 15.9 Å². The Morgan fingerprint density at radius 1 is 1.46 bits per heavy atom. The Kier molecular flexibility index (Phi) is 3.07. The summed E-state index contributed by atoms with van der Waals surface area (Å²) in [6.45, 7) is -0.232. The third-order valence-electron chi connectivity index (χ3n) is 1.52. The van der Waals surface area contributed by atoms with Crippen LogP contribution in [0.15, 0.2) is 27.6 Å². The fraction of sp³-hybridized carbons (Fsp3) is 0.143. The molecular weight excluding hydrogens is 258 g/mol. The van der Waals surface area contributed by atoms with Crippen LogP contribution in [0.25, 0.3) is 0 Å². The van der Waals surface area contributed by atoms with Crippen molar-refractivity contribution in [3.63, 3.8) is 0 Å². The number of hydrogen-bond donors (Lipinski definition) is 2. The first-order chi connectivity index (χ1) is 5.96. The second-order valence-electron chi connectivity index (χ2n) is 2.43. The van der Waals surface area contributed by atoms with Crippen LogP contribution < -0.4 is 5.14 Å². The van der Waals surface area contributed by atoms with E-state index in [1.165, 1.54) is 12.1 Å². The number of aliphatic hydroxyl groups excluding tert-OH is 1. The normalized spacial score (nSPS) is 11.6. The van der Waals surface area contributed by atoms with Gasteiger partial charge in [-0.1, -0.05) is 12.1 Å². The molecule has 0 saturated carbocycles. The molecule has 1 aromatic carbocycles. The van der Waals surface area contributed by atoms with Gasteiger partial charge in [-0.3, -0.25) is 0 Å². The molecule has 13 heavy (non-hydrogen) atoms. The minimum absolute atomic E-state index is 0.0148. The Balaban J connectivity index is 3.41. The van der Waals surface area contributed by atoms with E-state index >= 15 is 0 Å². The minimum atomic E-state index is -3.72. The molecule has 0 fully saturated rings. The monoisotopic (exact) mass is 265 g/mol. The van der Waals surface area contributed by atoms with Gasteiger partial charge in [-0.2, -0.15) is 0 Å². The summed E-state index contributed by atoms with van der Waals surface area (Å²) >= 11 is 3.06. The number of aliphatic hydroxyl groups is 1. The standard InChI is InChI=1S/C7H8BrNO3S/c8-7-5(4-10)2-1-3-6(7)13(9,11)12/h1-3,10H,4H2,(H2,9,11,12). The number of rotatable bonds is 2. The Morgan fingerprint density at radius 2 is 2.08 bits per heavy atom. The number of nitrogens with two attached hydrogens (primary N) is 1. The average Bonchev–Trinajstić information content (AvgIpc) is 2.02. The molecule has 4 nitrogen and oxygen atoms in total. The van der Waals surface area contributed by atoms with Gasteiger partial charge in [0.2, 0.25) is 10.0 Å². The van der Waals surface area contributed by atoms with Gasteiger partial charge in [-0.15, -0.1) is 0 Å². The second-order valence-corrected chi connectivity index (χ2v) is 4.76. The van der Waals surface area contributed by atoms with E-state index in [9.17, 15) is 8.42 Å². The lowest BCUT2D eigenvalue weighted by molar-refractivity contribution is 0.280. The Hall–Kier alpha value is -0.430. The van der Waals surface area contributed by atoms with Gasteiger partial charge in [0.25, 0.3) is 0 Å². The van der Waals surface area contributed by atoms with Crippen LogP contribution in [0.5, 0.6) is 0 Å². The van der Waals surface area contributed by atoms with Gasteiger partial charge in [0.05, 0.1) is 11.5 Å². The predicted octanol–water partition coefficient (Wildman–Crippen LogP) is 0.589. The van der Waals surface area contributed by atoms with E-state index in [0.717, 1.165) is 0 Å². The van der Waals surface area contributed by atoms with E-state index in [1.807, 2.05) is 0 Å². The third kappa shape index (κ3) is 2.28. The van der Waals surface area contributed by atoms with Crippen molar-refractivity contribution in [1.29, 1.82) is 0 Å². The van der Waals surface area contributed by atoms with Crippen LogP contribution in [-0.2, 0) is 16.6 Å². The zero-order valence-corrected chi connectivity index (χ0v) is 8.97. The van der Waals surface area contributed by atoms with Gasteiger partial charge in [-0.25, -0.2) is 13.6 Å². The summed E-state index contributed by atoms with van der Waals surface area (Å²) in [6, 6.07) is 4.51. The molecule has 0 aromatic heterocycles. The second kappa shape index (κ2) is 3.75. The summed E-state index contributed by atoms with van der Waals surface area (Å²) in [4.78, 5) is -0.0148. The molecule has 0 amide bonds. The highest BCUT2D eigenvalue weighted by molar-refractivity contribution is 9.10. The summed E-state index contributed by atoms with van der Waals surface area (Å²) in [6.07, 6.45) is 0. The molecule has 0 radical (unpaired) electrons. The van der Waals surface area contributed by atoms with Crippen molar-refractivity contribution in [2.75, 3.05) is 0 Å². The fourth-order valence-corrected chi connectivity index (χ4v) is 2.61. The first-order valence-corrected chi connectivity index (χ1v) is 5.72. The smallest absolute Gasteiger partial charge is 0.239 e. The van der Waals surface area contributed by atoms with Crippen LogP contribution in [0.1, 0.15) is 5.56 Å². The summed E-state index contributed by atoms with van der Waals surface area (Å²) in [5.74, 6) is 0. The molecule has 1 rings (SSSR count). The highest BCUT2D eigenvalue weighted by Crippen LogP contribution is 2.24. The van der Waals surface area contributed by atoms with Crippen molar-refractivity contribution in [2.45, 2.75) is 11.5 Å². The van der Waals surface area contributed by atoms with Crippen LogP contribution in [-0.4, -0.2) is 13.5 Å². The topological polar surface area (TPSA) is 80.4 Å². The molecule has 0 saturated heterocycles. The molecule has 3 N–H and O–H groups in total. The maximum absolute atomic E-state index is 11.0. The van der Waals surface area contributed by atoms with Crippen molar-refractivity contribution in [3.05, 3.63) is 28.2 Å². The summed E-state index contributed by atoms with van der Waals surface area (Å²) in [5, 5.41) is 13.8. The largest absolute Gasteiger partial charge is 0.392 e. The lowest BCUT2D eigenvalue weighted by Crippen LogP contribution is -2.13. The van der Waals surface area contributed by atoms with E-state index in [-0.39, 0.29) is 11.5 Å². The van der Waals surface area contributed by atoms with Crippen LogP contribution in [0.3, 0.4) is 0 Å². The minimum Gasteiger partial charge on any atom is -0.392 e. The number of benzene rings is 1. The van der Waals surface area contributed by atoms with E-state index < -0.39 is 10.0 Å². The van der Waals surface area contributed by atoms with Gasteiger partial charge in [0, 0.05) is 4.47 Å². The molecule has 0 unspecified atom stereocenters. The van der Waals surface area contributed by atoms with Gasteiger partial charge >= 0.3 is 0 Å². The van der Waals surface area contributed by atoms with Gasteiger partial charge < -0.3 is 5.11 Å². The Bertz CT molecular complexity index is 416. The van der Waals surface area contributed by atoms with Gasteiger partial charge in [-0.05, 0) is 27.6 Å². The number of hydrogen-bond acceptors (Lipinski definition) is 3. The molecular formula is C7H8BrNO3S. The SMILES string of the molecule is NS(=O)(=O)c1cccc(CO)c1Br. The fourth-order valence-electron chi connectivity index (χ4n) is 0.898. The maximum atomic E-state index is 11.0. The molecule has 0 aliphatic rings. The lowest BCUT2D eigenvalue weighted by Gasteiger charge is -2.05. The highest BCUT2D eigenvalue weighted by Gasteiger charge is 2.14. The van der Waals surface area contributed by atoms with E-state index in [1.54, 1.807) is 6.07 Å². The zero-order valence-electron chi connectivity index (χ0n) is 6.57. The molecule has 0 heterocycles. The van der Waals surface area contributed by atoms with Gasteiger partial charge in [0.1, 0.15) is 0 Å². The van der Waals surface area contributed by atoms with E-state index in [2.05, 4.69) is 15.9 Å². The molecule has 72 valence electrons. The molecule has 6 heteroatoms. The third-order valence-corrected chi connectivity index (χ3v) is 3.67. The van der Waals surface area contributed by atoms with E-state index in [4.69, 9.17) is 10.2 Å². The van der Waals surface area contributed by atoms with Crippen molar-refractivity contribution >= 4 is 26.0 Å². The van der Waals surface area contributed by atoms with Crippen LogP contribution in [0, 0.1) is 0 Å². The lowest BCUT2D eigenvalue weighted by atomic mass is 10.2. The molecule has 1 aromatic rings. The molecule has 0 aliphatic heterocycles. The Morgan fingerprint density at radius 3 is 2.54 bits per heavy atom. The summed E-state index contributed by atoms with van der Waals surface area (Å²) < 4.78 is 22.3. The van der Waals surface area contributed by atoms with Crippen LogP contribution in [0.4, 0.5) is 0 Å². The first kappa shape index (κ1) is 10.6. The van der Waals surface area contributed by atoms with Gasteiger partial charge in [0.15, 0.2) is 0 Å². The first-order valence-electron chi connectivity index (χ1n) is 3.38. The van der Waals surface area contributed by atoms with Crippen molar-refractivity contribution < 1.29 is 13.5 Å².